The fourth-order valence-corrected chi connectivity index (χ4v) is 2.32. The number of benzene rings is 1. The SMILES string of the molecule is CC(C)(F)c1c(Cl)cccc1C(N)CCC(=O)O. The van der Waals surface area contributed by atoms with Gasteiger partial charge >= 0.3 is 5.97 Å². The molecular formula is C13H17ClFNO2. The summed E-state index contributed by atoms with van der Waals surface area (Å²) in [5.74, 6) is -0.923. The second-order valence-electron chi connectivity index (χ2n) is 4.72. The molecule has 0 spiro atoms. The number of nitrogens with two attached hydrogens (primary N) is 1. The van der Waals surface area contributed by atoms with Crippen molar-refractivity contribution >= 4 is 17.6 Å². The Morgan fingerprint density at radius 3 is 2.67 bits per heavy atom. The fraction of sp³-hybridized carbons (Fsp3) is 0.462. The molecule has 3 nitrogen and oxygen atoms in total. The maximum atomic E-state index is 14.1. The molecule has 100 valence electrons. The minimum atomic E-state index is -1.62. The maximum Gasteiger partial charge on any atom is 0.303 e. The quantitative estimate of drug-likeness (QED) is 0.864. The van der Waals surface area contributed by atoms with Gasteiger partial charge in [0.05, 0.1) is 0 Å². The summed E-state index contributed by atoms with van der Waals surface area (Å²) in [4.78, 5) is 10.5. The molecule has 1 aromatic carbocycles. The van der Waals surface area contributed by atoms with Gasteiger partial charge in [-0.3, -0.25) is 4.79 Å². The zero-order chi connectivity index (χ0) is 13.9. The minimum absolute atomic E-state index is 0.0557. The number of hydrogen-bond acceptors (Lipinski definition) is 2. The van der Waals surface area contributed by atoms with E-state index >= 15 is 0 Å². The van der Waals surface area contributed by atoms with Crippen LogP contribution in [0.1, 0.15) is 43.9 Å². The molecule has 0 amide bonds. The van der Waals surface area contributed by atoms with Gasteiger partial charge in [0.1, 0.15) is 5.67 Å². The largest absolute Gasteiger partial charge is 0.481 e. The van der Waals surface area contributed by atoms with Gasteiger partial charge in [-0.25, -0.2) is 4.39 Å². The molecule has 0 aromatic heterocycles. The summed E-state index contributed by atoms with van der Waals surface area (Å²) in [5.41, 5.74) is 5.21. The van der Waals surface area contributed by atoms with Gasteiger partial charge < -0.3 is 10.8 Å². The van der Waals surface area contributed by atoms with Gasteiger partial charge in [0.2, 0.25) is 0 Å². The number of carboxylic acid groups (broad SMARTS) is 1. The Labute approximate surface area is 111 Å². The highest BCUT2D eigenvalue weighted by Gasteiger charge is 2.27. The Bertz CT molecular complexity index is 443. The predicted octanol–water partition coefficient (Wildman–Crippen LogP) is 3.41. The summed E-state index contributed by atoms with van der Waals surface area (Å²) < 4.78 is 14.1. The van der Waals surface area contributed by atoms with Gasteiger partial charge in [0.25, 0.3) is 0 Å². The minimum Gasteiger partial charge on any atom is -0.481 e. The summed E-state index contributed by atoms with van der Waals surface area (Å²) in [6, 6.07) is 4.44. The summed E-state index contributed by atoms with van der Waals surface area (Å²) in [6.07, 6.45) is 0.193. The number of rotatable bonds is 5. The standard InChI is InChI=1S/C13H17ClFNO2/c1-13(2,15)12-8(4-3-5-9(12)14)10(16)6-7-11(17)18/h3-5,10H,6-7,16H2,1-2H3,(H,17,18). The first-order valence-corrected chi connectivity index (χ1v) is 6.06. The molecule has 3 N–H and O–H groups in total. The predicted molar refractivity (Wildman–Crippen MR) is 69.4 cm³/mol. The molecule has 1 atom stereocenters. The van der Waals surface area contributed by atoms with E-state index < -0.39 is 17.7 Å². The van der Waals surface area contributed by atoms with Crippen LogP contribution in [0.4, 0.5) is 4.39 Å². The normalized spacial score (nSPS) is 13.4. The first-order valence-electron chi connectivity index (χ1n) is 5.68. The molecule has 1 aromatic rings. The average Bonchev–Trinajstić information content (AvgIpc) is 2.23. The van der Waals surface area contributed by atoms with Crippen molar-refractivity contribution in [1.82, 2.24) is 0 Å². The highest BCUT2D eigenvalue weighted by molar-refractivity contribution is 6.31. The Morgan fingerprint density at radius 1 is 1.56 bits per heavy atom. The van der Waals surface area contributed by atoms with Crippen molar-refractivity contribution in [2.45, 2.75) is 38.4 Å². The van der Waals surface area contributed by atoms with Gasteiger partial charge in [-0.1, -0.05) is 23.7 Å². The van der Waals surface area contributed by atoms with Crippen molar-refractivity contribution in [2.24, 2.45) is 5.73 Å². The molecule has 0 aliphatic rings. The Kier molecular flexibility index (Phi) is 4.71. The summed E-state index contributed by atoms with van der Waals surface area (Å²) in [5, 5.41) is 8.95. The highest BCUT2D eigenvalue weighted by atomic mass is 35.5. The zero-order valence-corrected chi connectivity index (χ0v) is 11.2. The third-order valence-corrected chi connectivity index (χ3v) is 3.02. The van der Waals surface area contributed by atoms with E-state index in [0.717, 1.165) is 0 Å². The number of carboxylic acids is 1. The topological polar surface area (TPSA) is 63.3 Å². The third kappa shape index (κ3) is 3.68. The van der Waals surface area contributed by atoms with Crippen LogP contribution in [-0.4, -0.2) is 11.1 Å². The van der Waals surface area contributed by atoms with Crippen LogP contribution in [0.3, 0.4) is 0 Å². The maximum absolute atomic E-state index is 14.1. The second-order valence-corrected chi connectivity index (χ2v) is 5.12. The van der Waals surface area contributed by atoms with Crippen molar-refractivity contribution in [2.75, 3.05) is 0 Å². The Morgan fingerprint density at radius 2 is 2.17 bits per heavy atom. The highest BCUT2D eigenvalue weighted by Crippen LogP contribution is 2.36. The van der Waals surface area contributed by atoms with Gasteiger partial charge in [-0.15, -0.1) is 0 Å². The molecule has 0 bridgehead atoms. The summed E-state index contributed by atoms with van der Waals surface area (Å²) in [6.45, 7) is 2.81. The van der Waals surface area contributed by atoms with Crippen LogP contribution in [0, 0.1) is 0 Å². The van der Waals surface area contributed by atoms with E-state index in [9.17, 15) is 9.18 Å². The van der Waals surface area contributed by atoms with Gasteiger partial charge in [-0.05, 0) is 31.9 Å². The number of carbonyl (C=O) groups is 1. The van der Waals surface area contributed by atoms with Gasteiger partial charge in [0.15, 0.2) is 0 Å². The summed E-state index contributed by atoms with van der Waals surface area (Å²) in [7, 11) is 0. The fourth-order valence-electron chi connectivity index (χ4n) is 1.91. The molecular weight excluding hydrogens is 257 g/mol. The van der Waals surface area contributed by atoms with E-state index in [1.54, 1.807) is 18.2 Å². The van der Waals surface area contributed by atoms with Crippen molar-refractivity contribution < 1.29 is 14.3 Å². The number of aliphatic carboxylic acids is 1. The molecule has 5 heteroatoms. The smallest absolute Gasteiger partial charge is 0.303 e. The molecule has 0 heterocycles. The molecule has 0 saturated heterocycles. The zero-order valence-electron chi connectivity index (χ0n) is 10.4. The molecule has 0 fully saturated rings. The number of hydrogen-bond donors (Lipinski definition) is 2. The van der Waals surface area contributed by atoms with Crippen LogP contribution >= 0.6 is 11.6 Å². The molecule has 1 unspecified atom stereocenters. The van der Waals surface area contributed by atoms with Crippen molar-refractivity contribution in [3.8, 4) is 0 Å². The molecule has 0 aliphatic carbocycles. The first kappa shape index (κ1) is 14.9. The van der Waals surface area contributed by atoms with E-state index in [-0.39, 0.29) is 12.8 Å². The monoisotopic (exact) mass is 273 g/mol. The number of halogens is 2. The summed E-state index contributed by atoms with van der Waals surface area (Å²) >= 11 is 6.01. The van der Waals surface area contributed by atoms with E-state index in [2.05, 4.69) is 0 Å². The molecule has 0 saturated carbocycles. The van der Waals surface area contributed by atoms with Crippen LogP contribution < -0.4 is 5.73 Å². The van der Waals surface area contributed by atoms with Crippen LogP contribution in [0.2, 0.25) is 5.02 Å². The molecule has 0 radical (unpaired) electrons. The second kappa shape index (κ2) is 5.67. The molecule has 18 heavy (non-hydrogen) atoms. The van der Waals surface area contributed by atoms with Gasteiger partial charge in [0, 0.05) is 23.0 Å². The third-order valence-electron chi connectivity index (χ3n) is 2.71. The van der Waals surface area contributed by atoms with Crippen molar-refractivity contribution in [3.05, 3.63) is 34.3 Å². The lowest BCUT2D eigenvalue weighted by Gasteiger charge is -2.24. The van der Waals surface area contributed by atoms with E-state index in [4.69, 9.17) is 22.4 Å². The van der Waals surface area contributed by atoms with Crippen molar-refractivity contribution in [3.63, 3.8) is 0 Å². The van der Waals surface area contributed by atoms with Crippen LogP contribution in [0.15, 0.2) is 18.2 Å². The average molecular weight is 274 g/mol. The first-order chi connectivity index (χ1) is 8.23. The van der Waals surface area contributed by atoms with E-state index in [1.807, 2.05) is 0 Å². The lowest BCUT2D eigenvalue weighted by atomic mass is 9.89. The number of alkyl halides is 1. The van der Waals surface area contributed by atoms with Gasteiger partial charge in [-0.2, -0.15) is 0 Å². The lowest BCUT2D eigenvalue weighted by Crippen LogP contribution is -2.20. The Hall–Kier alpha value is -1.13. The Balaban J connectivity index is 3.08. The molecule has 0 aliphatic heterocycles. The lowest BCUT2D eigenvalue weighted by molar-refractivity contribution is -0.137. The molecule has 1 rings (SSSR count). The van der Waals surface area contributed by atoms with Crippen LogP contribution in [0.25, 0.3) is 0 Å². The van der Waals surface area contributed by atoms with Crippen LogP contribution in [0.5, 0.6) is 0 Å². The van der Waals surface area contributed by atoms with E-state index in [1.165, 1.54) is 13.8 Å². The van der Waals surface area contributed by atoms with E-state index in [0.29, 0.717) is 16.1 Å². The van der Waals surface area contributed by atoms with Crippen LogP contribution in [-0.2, 0) is 10.5 Å². The van der Waals surface area contributed by atoms with Crippen molar-refractivity contribution in [1.29, 1.82) is 0 Å².